The van der Waals surface area contributed by atoms with Crippen molar-refractivity contribution in [3.63, 3.8) is 0 Å². The quantitative estimate of drug-likeness (QED) is 0.749. The summed E-state index contributed by atoms with van der Waals surface area (Å²) in [5.41, 5.74) is 1.25. The summed E-state index contributed by atoms with van der Waals surface area (Å²) in [5.74, 6) is 1.94. The zero-order chi connectivity index (χ0) is 15.2. The van der Waals surface area contributed by atoms with E-state index in [0.717, 1.165) is 22.7 Å². The third-order valence-electron chi connectivity index (χ3n) is 4.40. The standard InChI is InChI=1S/C18H28BrNO/c1-4-14-8-10-16(11-9-14)21-18-15(12-20-13(2)3)6-5-7-17(18)19/h5-7,13-14,16,20H,4,8-12H2,1-3H3. The average molecular weight is 354 g/mol. The normalized spacial score (nSPS) is 22.5. The monoisotopic (exact) mass is 353 g/mol. The number of para-hydroxylation sites is 1. The van der Waals surface area contributed by atoms with Gasteiger partial charge in [0.1, 0.15) is 5.75 Å². The molecule has 1 aliphatic rings. The van der Waals surface area contributed by atoms with Crippen molar-refractivity contribution in [3.8, 4) is 5.75 Å². The molecule has 0 aliphatic heterocycles. The van der Waals surface area contributed by atoms with Crippen LogP contribution in [0.4, 0.5) is 0 Å². The zero-order valence-corrected chi connectivity index (χ0v) is 15.1. The van der Waals surface area contributed by atoms with Crippen LogP contribution in [0, 0.1) is 5.92 Å². The van der Waals surface area contributed by atoms with E-state index in [4.69, 9.17) is 4.74 Å². The molecule has 1 aromatic rings. The van der Waals surface area contributed by atoms with Crippen molar-refractivity contribution >= 4 is 15.9 Å². The lowest BCUT2D eigenvalue weighted by Gasteiger charge is -2.29. The Kier molecular flexibility index (Phi) is 6.56. The third kappa shape index (κ3) is 5.00. The van der Waals surface area contributed by atoms with Gasteiger partial charge in [0.15, 0.2) is 0 Å². The van der Waals surface area contributed by atoms with E-state index in [1.165, 1.54) is 37.7 Å². The van der Waals surface area contributed by atoms with E-state index in [1.54, 1.807) is 0 Å². The van der Waals surface area contributed by atoms with Crippen molar-refractivity contribution in [1.82, 2.24) is 5.32 Å². The first-order valence-electron chi connectivity index (χ1n) is 8.27. The highest BCUT2D eigenvalue weighted by Crippen LogP contribution is 2.34. The van der Waals surface area contributed by atoms with Crippen molar-refractivity contribution in [3.05, 3.63) is 28.2 Å². The molecule has 0 aromatic heterocycles. The lowest BCUT2D eigenvalue weighted by Crippen LogP contribution is -2.26. The van der Waals surface area contributed by atoms with E-state index < -0.39 is 0 Å². The number of rotatable bonds is 6. The lowest BCUT2D eigenvalue weighted by molar-refractivity contribution is 0.127. The SMILES string of the molecule is CCC1CCC(Oc2c(Br)cccc2CNC(C)C)CC1. The highest BCUT2D eigenvalue weighted by Gasteiger charge is 2.22. The topological polar surface area (TPSA) is 21.3 Å². The molecule has 1 aromatic carbocycles. The first-order chi connectivity index (χ1) is 10.1. The van der Waals surface area contributed by atoms with E-state index in [-0.39, 0.29) is 0 Å². The molecule has 118 valence electrons. The fraction of sp³-hybridized carbons (Fsp3) is 0.667. The van der Waals surface area contributed by atoms with Crippen LogP contribution in [0.2, 0.25) is 0 Å². The van der Waals surface area contributed by atoms with Crippen molar-refractivity contribution in [2.24, 2.45) is 5.92 Å². The predicted octanol–water partition coefficient (Wildman–Crippen LogP) is 5.29. The second kappa shape index (κ2) is 8.19. The van der Waals surface area contributed by atoms with Gasteiger partial charge in [0.2, 0.25) is 0 Å². The first-order valence-corrected chi connectivity index (χ1v) is 9.06. The van der Waals surface area contributed by atoms with Gasteiger partial charge < -0.3 is 10.1 Å². The maximum absolute atomic E-state index is 6.36. The fourth-order valence-corrected chi connectivity index (χ4v) is 3.46. The van der Waals surface area contributed by atoms with Gasteiger partial charge in [-0.1, -0.05) is 39.3 Å². The van der Waals surface area contributed by atoms with Crippen LogP contribution in [0.3, 0.4) is 0 Å². The highest BCUT2D eigenvalue weighted by atomic mass is 79.9. The lowest BCUT2D eigenvalue weighted by atomic mass is 9.86. The largest absolute Gasteiger partial charge is 0.489 e. The predicted molar refractivity (Wildman–Crippen MR) is 92.8 cm³/mol. The van der Waals surface area contributed by atoms with E-state index in [9.17, 15) is 0 Å². The Balaban J connectivity index is 2.01. The van der Waals surface area contributed by atoms with Gasteiger partial charge in [-0.05, 0) is 53.6 Å². The first kappa shape index (κ1) is 16.8. The van der Waals surface area contributed by atoms with Gasteiger partial charge in [-0.2, -0.15) is 0 Å². The average Bonchev–Trinajstić information content (AvgIpc) is 2.48. The number of nitrogens with one attached hydrogen (secondary N) is 1. The molecule has 1 saturated carbocycles. The summed E-state index contributed by atoms with van der Waals surface area (Å²) in [4.78, 5) is 0. The summed E-state index contributed by atoms with van der Waals surface area (Å²) in [7, 11) is 0. The molecule has 0 saturated heterocycles. The molecule has 2 rings (SSSR count). The van der Waals surface area contributed by atoms with E-state index >= 15 is 0 Å². The van der Waals surface area contributed by atoms with Gasteiger partial charge in [-0.15, -0.1) is 0 Å². The van der Waals surface area contributed by atoms with Crippen LogP contribution in [0.1, 0.15) is 58.4 Å². The summed E-state index contributed by atoms with van der Waals surface area (Å²) in [6.07, 6.45) is 6.69. The molecule has 0 atom stereocenters. The van der Waals surface area contributed by atoms with Gasteiger partial charge in [0, 0.05) is 18.2 Å². The van der Waals surface area contributed by atoms with Gasteiger partial charge >= 0.3 is 0 Å². The Morgan fingerprint density at radius 3 is 2.57 bits per heavy atom. The molecular formula is C18H28BrNO. The maximum atomic E-state index is 6.36. The molecular weight excluding hydrogens is 326 g/mol. The number of ether oxygens (including phenoxy) is 1. The smallest absolute Gasteiger partial charge is 0.138 e. The third-order valence-corrected chi connectivity index (χ3v) is 5.03. The summed E-state index contributed by atoms with van der Waals surface area (Å²) >= 11 is 3.65. The van der Waals surface area contributed by atoms with Crippen molar-refractivity contribution in [2.75, 3.05) is 0 Å². The Morgan fingerprint density at radius 2 is 1.95 bits per heavy atom. The van der Waals surface area contributed by atoms with Gasteiger partial charge in [-0.3, -0.25) is 0 Å². The fourth-order valence-electron chi connectivity index (χ4n) is 2.96. The molecule has 0 radical (unpaired) electrons. The number of benzene rings is 1. The second-order valence-corrected chi connectivity index (χ2v) is 7.29. The van der Waals surface area contributed by atoms with Crippen molar-refractivity contribution < 1.29 is 4.74 Å². The van der Waals surface area contributed by atoms with Crippen LogP contribution >= 0.6 is 15.9 Å². The van der Waals surface area contributed by atoms with E-state index in [2.05, 4.69) is 60.2 Å². The molecule has 0 bridgehead atoms. The molecule has 1 aliphatic carbocycles. The summed E-state index contributed by atoms with van der Waals surface area (Å²) < 4.78 is 7.43. The summed E-state index contributed by atoms with van der Waals surface area (Å²) in [6, 6.07) is 6.80. The minimum Gasteiger partial charge on any atom is -0.489 e. The van der Waals surface area contributed by atoms with Crippen molar-refractivity contribution in [2.45, 2.75) is 71.6 Å². The van der Waals surface area contributed by atoms with Crippen molar-refractivity contribution in [1.29, 1.82) is 0 Å². The number of hydrogen-bond acceptors (Lipinski definition) is 2. The summed E-state index contributed by atoms with van der Waals surface area (Å²) in [5, 5.41) is 3.48. The molecule has 1 fully saturated rings. The van der Waals surface area contributed by atoms with Crippen LogP contribution < -0.4 is 10.1 Å². The van der Waals surface area contributed by atoms with Crippen LogP contribution in [-0.2, 0) is 6.54 Å². The Morgan fingerprint density at radius 1 is 1.24 bits per heavy atom. The van der Waals surface area contributed by atoms with Gasteiger partial charge in [0.25, 0.3) is 0 Å². The van der Waals surface area contributed by atoms with Crippen LogP contribution in [0.15, 0.2) is 22.7 Å². The van der Waals surface area contributed by atoms with Crippen LogP contribution in [0.25, 0.3) is 0 Å². The van der Waals surface area contributed by atoms with Gasteiger partial charge in [0.05, 0.1) is 10.6 Å². The minimum absolute atomic E-state index is 0.379. The van der Waals surface area contributed by atoms with Crippen LogP contribution in [0.5, 0.6) is 5.75 Å². The summed E-state index contributed by atoms with van der Waals surface area (Å²) in [6.45, 7) is 7.50. The zero-order valence-electron chi connectivity index (χ0n) is 13.5. The molecule has 21 heavy (non-hydrogen) atoms. The van der Waals surface area contributed by atoms with E-state index in [0.29, 0.717) is 12.1 Å². The Labute approximate surface area is 137 Å². The molecule has 0 heterocycles. The highest BCUT2D eigenvalue weighted by molar-refractivity contribution is 9.10. The maximum Gasteiger partial charge on any atom is 0.138 e. The van der Waals surface area contributed by atoms with Gasteiger partial charge in [-0.25, -0.2) is 0 Å². The van der Waals surface area contributed by atoms with Crippen LogP contribution in [-0.4, -0.2) is 12.1 Å². The minimum atomic E-state index is 0.379. The molecule has 0 spiro atoms. The number of hydrogen-bond donors (Lipinski definition) is 1. The molecule has 2 nitrogen and oxygen atoms in total. The number of halogens is 1. The molecule has 1 N–H and O–H groups in total. The molecule has 3 heteroatoms. The Bertz CT molecular complexity index is 439. The second-order valence-electron chi connectivity index (χ2n) is 6.43. The van der Waals surface area contributed by atoms with E-state index in [1.807, 2.05) is 0 Å². The Hall–Kier alpha value is -0.540. The molecule has 0 unspecified atom stereocenters. The molecule has 0 amide bonds.